The number of ether oxygens (including phenoxy) is 1. The predicted octanol–water partition coefficient (Wildman–Crippen LogP) is 4.70. The van der Waals surface area contributed by atoms with E-state index in [9.17, 15) is 0 Å². The monoisotopic (exact) mass is 347 g/mol. The third-order valence-corrected chi connectivity index (χ3v) is 4.80. The van der Waals surface area contributed by atoms with Crippen LogP contribution in [0.5, 0.6) is 5.75 Å². The summed E-state index contributed by atoms with van der Waals surface area (Å²) in [4.78, 5) is 1.19. The van der Waals surface area contributed by atoms with E-state index in [4.69, 9.17) is 10.5 Å². The lowest BCUT2D eigenvalue weighted by Crippen LogP contribution is -2.03. The van der Waals surface area contributed by atoms with E-state index >= 15 is 0 Å². The Morgan fingerprint density at radius 1 is 1.05 bits per heavy atom. The molecule has 1 heterocycles. The van der Waals surface area contributed by atoms with Gasteiger partial charge < -0.3 is 10.5 Å². The summed E-state index contributed by atoms with van der Waals surface area (Å²) in [6.07, 6.45) is 0. The lowest BCUT2D eigenvalue weighted by atomic mass is 10.0. The van der Waals surface area contributed by atoms with Crippen LogP contribution < -0.4 is 10.5 Å². The van der Waals surface area contributed by atoms with Crippen LogP contribution >= 0.6 is 27.3 Å². The second kappa shape index (κ2) is 5.95. The molecular formula is C16H14BrNOS. The van der Waals surface area contributed by atoms with Crippen molar-refractivity contribution in [2.24, 2.45) is 5.73 Å². The van der Waals surface area contributed by atoms with Crippen molar-refractivity contribution in [3.8, 4) is 5.75 Å². The minimum atomic E-state index is 0.477. The van der Waals surface area contributed by atoms with Crippen molar-refractivity contribution in [2.75, 3.05) is 0 Å². The fraction of sp³-hybridized carbons (Fsp3) is 0.125. The highest BCUT2D eigenvalue weighted by atomic mass is 79.9. The van der Waals surface area contributed by atoms with Crippen molar-refractivity contribution in [3.63, 3.8) is 0 Å². The summed E-state index contributed by atoms with van der Waals surface area (Å²) >= 11 is 5.15. The summed E-state index contributed by atoms with van der Waals surface area (Å²) < 4.78 is 7.06. The molecule has 2 aromatic carbocycles. The minimum absolute atomic E-state index is 0.477. The lowest BCUT2D eigenvalue weighted by Gasteiger charge is -2.12. The molecule has 20 heavy (non-hydrogen) atoms. The lowest BCUT2D eigenvalue weighted by molar-refractivity contribution is 0.307. The van der Waals surface area contributed by atoms with Gasteiger partial charge in [0, 0.05) is 17.0 Å². The highest BCUT2D eigenvalue weighted by Gasteiger charge is 2.08. The number of hydrogen-bond donors (Lipinski definition) is 1. The Balaban J connectivity index is 1.91. The highest BCUT2D eigenvalue weighted by Crippen LogP contribution is 2.29. The molecule has 102 valence electrons. The number of thiophene rings is 1. The smallest absolute Gasteiger partial charge is 0.124 e. The number of rotatable bonds is 4. The molecule has 0 fully saturated rings. The predicted molar refractivity (Wildman–Crippen MR) is 88.2 cm³/mol. The molecule has 0 aliphatic heterocycles. The molecule has 0 saturated carbocycles. The summed E-state index contributed by atoms with van der Waals surface area (Å²) in [5.41, 5.74) is 6.97. The molecule has 0 aliphatic rings. The summed E-state index contributed by atoms with van der Waals surface area (Å²) in [5, 5.41) is 2.36. The molecule has 3 rings (SSSR count). The van der Waals surface area contributed by atoms with Gasteiger partial charge in [-0.2, -0.15) is 0 Å². The molecule has 0 radical (unpaired) electrons. The van der Waals surface area contributed by atoms with Gasteiger partial charge in [0.25, 0.3) is 0 Å². The maximum absolute atomic E-state index is 5.95. The third kappa shape index (κ3) is 2.73. The van der Waals surface area contributed by atoms with E-state index in [1.165, 1.54) is 15.6 Å². The van der Waals surface area contributed by atoms with E-state index in [-0.39, 0.29) is 0 Å². The van der Waals surface area contributed by atoms with E-state index in [0.29, 0.717) is 13.2 Å². The number of halogens is 1. The first-order chi connectivity index (χ1) is 9.78. The normalized spacial score (nSPS) is 10.9. The first-order valence-corrected chi connectivity index (χ1v) is 7.96. The quantitative estimate of drug-likeness (QED) is 0.742. The fourth-order valence-electron chi connectivity index (χ4n) is 2.24. The van der Waals surface area contributed by atoms with Crippen molar-refractivity contribution in [3.05, 3.63) is 62.8 Å². The first-order valence-electron chi connectivity index (χ1n) is 6.35. The van der Waals surface area contributed by atoms with Gasteiger partial charge in [0.15, 0.2) is 0 Å². The summed E-state index contributed by atoms with van der Waals surface area (Å²) in [6, 6.07) is 16.4. The zero-order valence-corrected chi connectivity index (χ0v) is 13.2. The average molecular weight is 348 g/mol. The van der Waals surface area contributed by atoms with Crippen LogP contribution in [0.1, 0.15) is 10.4 Å². The Hall–Kier alpha value is -1.36. The van der Waals surface area contributed by atoms with E-state index in [0.717, 1.165) is 15.1 Å². The summed E-state index contributed by atoms with van der Waals surface area (Å²) in [5.74, 6) is 0.871. The standard InChI is InChI=1S/C16H14BrNOS/c17-16-8-6-12(20-16)10-19-15-7-5-11-3-1-2-4-13(11)14(15)9-18/h1-8H,9-10,18H2. The second-order valence-electron chi connectivity index (χ2n) is 4.46. The zero-order chi connectivity index (χ0) is 13.9. The van der Waals surface area contributed by atoms with E-state index < -0.39 is 0 Å². The van der Waals surface area contributed by atoms with Gasteiger partial charge in [-0.15, -0.1) is 11.3 Å². The Bertz CT molecular complexity index is 738. The largest absolute Gasteiger partial charge is 0.488 e. The molecule has 0 amide bonds. The van der Waals surface area contributed by atoms with Gasteiger partial charge in [-0.25, -0.2) is 0 Å². The van der Waals surface area contributed by atoms with E-state index in [2.05, 4.69) is 40.2 Å². The average Bonchev–Trinajstić information content (AvgIpc) is 2.90. The van der Waals surface area contributed by atoms with Gasteiger partial charge in [-0.05, 0) is 44.9 Å². The van der Waals surface area contributed by atoms with Gasteiger partial charge in [0.1, 0.15) is 12.4 Å². The van der Waals surface area contributed by atoms with Crippen LogP contribution in [0, 0.1) is 0 Å². The molecule has 2 N–H and O–H groups in total. The second-order valence-corrected chi connectivity index (χ2v) is 7.01. The van der Waals surface area contributed by atoms with Crippen LogP contribution in [0.15, 0.2) is 52.3 Å². The molecule has 3 aromatic rings. The summed E-state index contributed by atoms with van der Waals surface area (Å²) in [6.45, 7) is 1.05. The minimum Gasteiger partial charge on any atom is -0.488 e. The van der Waals surface area contributed by atoms with Gasteiger partial charge in [-0.1, -0.05) is 30.3 Å². The topological polar surface area (TPSA) is 35.2 Å². The van der Waals surface area contributed by atoms with Gasteiger partial charge in [0.05, 0.1) is 3.79 Å². The molecule has 0 saturated heterocycles. The molecule has 0 aliphatic carbocycles. The van der Waals surface area contributed by atoms with Crippen LogP contribution in [0.4, 0.5) is 0 Å². The van der Waals surface area contributed by atoms with Gasteiger partial charge >= 0.3 is 0 Å². The van der Waals surface area contributed by atoms with Crippen molar-refractivity contribution < 1.29 is 4.74 Å². The Kier molecular flexibility index (Phi) is 4.05. The third-order valence-electron chi connectivity index (χ3n) is 3.20. The molecule has 0 atom stereocenters. The van der Waals surface area contributed by atoms with Crippen LogP contribution in [0.25, 0.3) is 10.8 Å². The molecule has 4 heteroatoms. The number of benzene rings is 2. The van der Waals surface area contributed by atoms with Crippen LogP contribution in [0.2, 0.25) is 0 Å². The van der Waals surface area contributed by atoms with E-state index in [1.54, 1.807) is 11.3 Å². The van der Waals surface area contributed by atoms with Gasteiger partial charge in [0.2, 0.25) is 0 Å². The van der Waals surface area contributed by atoms with Crippen molar-refractivity contribution in [2.45, 2.75) is 13.2 Å². The molecule has 0 unspecified atom stereocenters. The fourth-order valence-corrected chi connectivity index (χ4v) is 3.64. The maximum atomic E-state index is 5.95. The Morgan fingerprint density at radius 3 is 2.65 bits per heavy atom. The van der Waals surface area contributed by atoms with Crippen LogP contribution in [-0.2, 0) is 13.2 Å². The van der Waals surface area contributed by atoms with Crippen LogP contribution in [-0.4, -0.2) is 0 Å². The zero-order valence-electron chi connectivity index (χ0n) is 10.8. The molecule has 2 nitrogen and oxygen atoms in total. The van der Waals surface area contributed by atoms with Crippen molar-refractivity contribution in [1.29, 1.82) is 0 Å². The Labute approximate surface area is 130 Å². The highest BCUT2D eigenvalue weighted by molar-refractivity contribution is 9.11. The molecule has 0 bridgehead atoms. The number of nitrogens with two attached hydrogens (primary N) is 1. The first kappa shape index (κ1) is 13.6. The number of hydrogen-bond acceptors (Lipinski definition) is 3. The molecular weight excluding hydrogens is 334 g/mol. The van der Waals surface area contributed by atoms with Crippen molar-refractivity contribution >= 4 is 38.0 Å². The Morgan fingerprint density at radius 2 is 1.90 bits per heavy atom. The maximum Gasteiger partial charge on any atom is 0.124 e. The van der Waals surface area contributed by atoms with Crippen molar-refractivity contribution in [1.82, 2.24) is 0 Å². The van der Waals surface area contributed by atoms with E-state index in [1.807, 2.05) is 24.3 Å². The molecule has 0 spiro atoms. The summed E-state index contributed by atoms with van der Waals surface area (Å²) in [7, 11) is 0. The molecule has 1 aromatic heterocycles. The van der Waals surface area contributed by atoms with Crippen LogP contribution in [0.3, 0.4) is 0 Å². The number of fused-ring (bicyclic) bond motifs is 1. The van der Waals surface area contributed by atoms with Gasteiger partial charge in [-0.3, -0.25) is 0 Å². The SMILES string of the molecule is NCc1c(OCc2ccc(Br)s2)ccc2ccccc12.